The van der Waals surface area contributed by atoms with Crippen LogP contribution in [0, 0.1) is 5.82 Å². The molecule has 1 fully saturated rings. The standard InChI is InChI=1S/C24H27FN4O2/c1-31-23-5-3-2-4-22(23)28-12-10-27(11-13-28)16-24(30)29-9-8-21-19(15-29)18-14-17(25)6-7-20(18)26-21/h2-7,14,26H,8-13,15-16H2,1H3/p+1. The van der Waals surface area contributed by atoms with Crippen molar-refractivity contribution in [3.63, 3.8) is 0 Å². The van der Waals surface area contributed by atoms with Gasteiger partial charge in [-0.25, -0.2) is 4.39 Å². The molecular weight excluding hydrogens is 395 g/mol. The number of para-hydroxylation sites is 2. The summed E-state index contributed by atoms with van der Waals surface area (Å²) in [6.45, 7) is 5.40. The molecule has 3 heterocycles. The predicted octanol–water partition coefficient (Wildman–Crippen LogP) is 1.61. The van der Waals surface area contributed by atoms with Crippen molar-refractivity contribution in [1.29, 1.82) is 0 Å². The van der Waals surface area contributed by atoms with E-state index < -0.39 is 0 Å². The molecule has 1 amide bonds. The average Bonchev–Trinajstić information content (AvgIpc) is 3.16. The number of carbonyl (C=O) groups is 1. The lowest BCUT2D eigenvalue weighted by molar-refractivity contribution is -0.892. The van der Waals surface area contributed by atoms with Gasteiger partial charge < -0.3 is 24.4 Å². The number of halogens is 1. The Kier molecular flexibility index (Phi) is 5.28. The molecule has 2 aliphatic rings. The predicted molar refractivity (Wildman–Crippen MR) is 118 cm³/mol. The Hall–Kier alpha value is -3.06. The van der Waals surface area contributed by atoms with E-state index in [1.165, 1.54) is 11.0 Å². The van der Waals surface area contributed by atoms with Gasteiger partial charge in [0, 0.05) is 41.7 Å². The normalized spacial score (nSPS) is 17.1. The molecule has 31 heavy (non-hydrogen) atoms. The van der Waals surface area contributed by atoms with Gasteiger partial charge in [0.25, 0.3) is 5.91 Å². The molecule has 0 saturated carbocycles. The Morgan fingerprint density at radius 3 is 2.77 bits per heavy atom. The van der Waals surface area contributed by atoms with Crippen LogP contribution >= 0.6 is 0 Å². The van der Waals surface area contributed by atoms with Crippen LogP contribution in [-0.4, -0.2) is 62.2 Å². The topological polar surface area (TPSA) is 53.0 Å². The second-order valence-corrected chi connectivity index (χ2v) is 8.42. The number of aromatic nitrogens is 1. The zero-order valence-corrected chi connectivity index (χ0v) is 17.8. The Bertz CT molecular complexity index is 1100. The molecule has 0 spiro atoms. The number of nitrogens with zero attached hydrogens (tertiary/aromatic N) is 2. The minimum absolute atomic E-state index is 0.178. The largest absolute Gasteiger partial charge is 0.495 e. The van der Waals surface area contributed by atoms with E-state index in [0.717, 1.165) is 66.2 Å². The van der Waals surface area contributed by atoms with Gasteiger partial charge >= 0.3 is 0 Å². The number of rotatable bonds is 4. The van der Waals surface area contributed by atoms with Crippen molar-refractivity contribution in [1.82, 2.24) is 9.88 Å². The summed E-state index contributed by atoms with van der Waals surface area (Å²) in [6, 6.07) is 12.9. The number of quaternary nitrogens is 1. The third-order valence-electron chi connectivity index (χ3n) is 6.59. The van der Waals surface area contributed by atoms with E-state index in [2.05, 4.69) is 16.0 Å². The van der Waals surface area contributed by atoms with Crippen LogP contribution in [0.15, 0.2) is 42.5 Å². The lowest BCUT2D eigenvalue weighted by atomic mass is 10.0. The summed E-state index contributed by atoms with van der Waals surface area (Å²) < 4.78 is 19.2. The van der Waals surface area contributed by atoms with Crippen molar-refractivity contribution in [2.45, 2.75) is 13.0 Å². The highest BCUT2D eigenvalue weighted by Crippen LogP contribution is 2.29. The van der Waals surface area contributed by atoms with E-state index >= 15 is 0 Å². The lowest BCUT2D eigenvalue weighted by Crippen LogP contribution is -3.15. The fourth-order valence-electron chi connectivity index (χ4n) is 4.86. The van der Waals surface area contributed by atoms with Crippen molar-refractivity contribution in [3.8, 4) is 5.75 Å². The summed E-state index contributed by atoms with van der Waals surface area (Å²) in [5, 5.41) is 0.894. The molecule has 0 atom stereocenters. The van der Waals surface area contributed by atoms with Gasteiger partial charge in [-0.05, 0) is 30.3 Å². The molecule has 6 nitrogen and oxygen atoms in total. The Labute approximate surface area is 181 Å². The van der Waals surface area contributed by atoms with Gasteiger partial charge in [-0.15, -0.1) is 0 Å². The number of hydrogen-bond acceptors (Lipinski definition) is 3. The van der Waals surface area contributed by atoms with Crippen LogP contribution in [0.4, 0.5) is 10.1 Å². The number of anilines is 1. The minimum Gasteiger partial charge on any atom is -0.495 e. The van der Waals surface area contributed by atoms with Gasteiger partial charge in [-0.1, -0.05) is 12.1 Å². The lowest BCUT2D eigenvalue weighted by Gasteiger charge is -2.35. The van der Waals surface area contributed by atoms with Crippen molar-refractivity contribution < 1.29 is 18.8 Å². The first-order valence-electron chi connectivity index (χ1n) is 10.9. The SMILES string of the molecule is COc1ccccc1N1CC[NH+](CC(=O)N2CCc3[nH]c4ccc(F)cc4c3C2)CC1. The average molecular weight is 424 g/mol. The van der Waals surface area contributed by atoms with E-state index in [-0.39, 0.29) is 11.7 Å². The number of ether oxygens (including phenoxy) is 1. The summed E-state index contributed by atoms with van der Waals surface area (Å²) in [4.78, 5) is 22.0. The third-order valence-corrected chi connectivity index (χ3v) is 6.59. The van der Waals surface area contributed by atoms with Gasteiger partial charge in [-0.3, -0.25) is 4.79 Å². The van der Waals surface area contributed by atoms with Crippen molar-refractivity contribution in [2.75, 3.05) is 51.3 Å². The van der Waals surface area contributed by atoms with Crippen LogP contribution in [0.5, 0.6) is 5.75 Å². The first kappa shape index (κ1) is 19.9. The fourth-order valence-corrected chi connectivity index (χ4v) is 4.86. The first-order valence-corrected chi connectivity index (χ1v) is 10.9. The summed E-state index contributed by atoms with van der Waals surface area (Å²) in [7, 11) is 1.70. The number of methoxy groups -OCH3 is 1. The van der Waals surface area contributed by atoms with Gasteiger partial charge in [0.05, 0.1) is 39.0 Å². The maximum Gasteiger partial charge on any atom is 0.278 e. The molecule has 2 aliphatic heterocycles. The maximum absolute atomic E-state index is 13.7. The minimum atomic E-state index is -0.241. The summed E-state index contributed by atoms with van der Waals surface area (Å²) in [5.41, 5.74) is 4.25. The highest BCUT2D eigenvalue weighted by atomic mass is 19.1. The zero-order chi connectivity index (χ0) is 21.4. The molecule has 7 heteroatoms. The van der Waals surface area contributed by atoms with E-state index in [4.69, 9.17) is 4.74 Å². The van der Waals surface area contributed by atoms with E-state index in [1.807, 2.05) is 23.1 Å². The molecular formula is C24H28FN4O2+. The Balaban J connectivity index is 1.21. The number of nitrogens with one attached hydrogen (secondary N) is 2. The van der Waals surface area contributed by atoms with E-state index in [0.29, 0.717) is 19.6 Å². The molecule has 2 N–H and O–H groups in total. The molecule has 0 bridgehead atoms. The van der Waals surface area contributed by atoms with Crippen LogP contribution in [0.3, 0.4) is 0 Å². The highest BCUT2D eigenvalue weighted by Gasteiger charge is 2.29. The van der Waals surface area contributed by atoms with Gasteiger partial charge in [-0.2, -0.15) is 0 Å². The number of H-pyrrole nitrogens is 1. The maximum atomic E-state index is 13.7. The molecule has 5 rings (SSSR count). The molecule has 0 unspecified atom stereocenters. The Morgan fingerprint density at radius 2 is 1.97 bits per heavy atom. The zero-order valence-electron chi connectivity index (χ0n) is 17.8. The number of amides is 1. The molecule has 1 aromatic heterocycles. The number of aromatic amines is 1. The Morgan fingerprint density at radius 1 is 1.16 bits per heavy atom. The third kappa shape index (κ3) is 3.85. The summed E-state index contributed by atoms with van der Waals surface area (Å²) in [5.74, 6) is 0.827. The van der Waals surface area contributed by atoms with Crippen LogP contribution in [0.25, 0.3) is 10.9 Å². The van der Waals surface area contributed by atoms with Gasteiger partial charge in [0.2, 0.25) is 0 Å². The van der Waals surface area contributed by atoms with Crippen molar-refractivity contribution in [3.05, 3.63) is 59.5 Å². The molecule has 1 saturated heterocycles. The molecule has 2 aromatic carbocycles. The van der Waals surface area contributed by atoms with Crippen LogP contribution in [0.1, 0.15) is 11.3 Å². The van der Waals surface area contributed by atoms with E-state index in [9.17, 15) is 9.18 Å². The second kappa shape index (κ2) is 8.23. The molecule has 162 valence electrons. The fraction of sp³-hybridized carbons (Fsp3) is 0.375. The highest BCUT2D eigenvalue weighted by molar-refractivity contribution is 5.86. The summed E-state index contributed by atoms with van der Waals surface area (Å²) in [6.07, 6.45) is 0.786. The number of benzene rings is 2. The van der Waals surface area contributed by atoms with Gasteiger partial charge in [0.1, 0.15) is 11.6 Å². The number of fused-ring (bicyclic) bond motifs is 3. The number of carbonyl (C=O) groups excluding carboxylic acids is 1. The van der Waals surface area contributed by atoms with Crippen molar-refractivity contribution >= 4 is 22.5 Å². The number of piperazine rings is 1. The van der Waals surface area contributed by atoms with Crippen LogP contribution < -0.4 is 14.5 Å². The monoisotopic (exact) mass is 423 g/mol. The van der Waals surface area contributed by atoms with E-state index in [1.54, 1.807) is 19.2 Å². The number of hydrogen-bond donors (Lipinski definition) is 2. The smallest absolute Gasteiger partial charge is 0.278 e. The van der Waals surface area contributed by atoms with Crippen LogP contribution in [-0.2, 0) is 17.8 Å². The molecule has 0 aliphatic carbocycles. The molecule has 0 radical (unpaired) electrons. The van der Waals surface area contributed by atoms with Crippen molar-refractivity contribution in [2.24, 2.45) is 0 Å². The van der Waals surface area contributed by atoms with Gasteiger partial charge in [0.15, 0.2) is 6.54 Å². The molecule has 3 aromatic rings. The summed E-state index contributed by atoms with van der Waals surface area (Å²) >= 11 is 0. The quantitative estimate of drug-likeness (QED) is 0.671. The van der Waals surface area contributed by atoms with Crippen LogP contribution in [0.2, 0.25) is 0 Å². The first-order chi connectivity index (χ1) is 15.1. The second-order valence-electron chi connectivity index (χ2n) is 8.42.